The summed E-state index contributed by atoms with van der Waals surface area (Å²) in [7, 11) is -3.61. The number of hydrogen-bond donors (Lipinski definition) is 3. The molecule has 0 atom stereocenters. The van der Waals surface area contributed by atoms with Crippen LogP contribution in [-0.4, -0.2) is 32.5 Å². The predicted octanol–water partition coefficient (Wildman–Crippen LogP) is 4.74. The Bertz CT molecular complexity index is 1420. The minimum absolute atomic E-state index is 0.158. The van der Waals surface area contributed by atoms with Crippen molar-refractivity contribution < 1.29 is 26.7 Å². The third-order valence-corrected chi connectivity index (χ3v) is 7.70. The first-order valence-electron chi connectivity index (χ1n) is 10.6. The summed E-state index contributed by atoms with van der Waals surface area (Å²) in [5.74, 6) is -4.75. The van der Waals surface area contributed by atoms with Crippen LogP contribution in [0.3, 0.4) is 0 Å². The zero-order valence-electron chi connectivity index (χ0n) is 18.7. The Labute approximate surface area is 225 Å². The molecule has 13 heteroatoms. The number of hydrogen-bond acceptors (Lipinski definition) is 6. The Balaban J connectivity index is 1.85. The van der Waals surface area contributed by atoms with Gasteiger partial charge in [0.05, 0.1) is 23.5 Å². The van der Waals surface area contributed by atoms with Gasteiger partial charge < -0.3 is 15.4 Å². The minimum Gasteiger partial charge on any atom is -0.494 e. The van der Waals surface area contributed by atoms with Gasteiger partial charge in [-0.3, -0.25) is 9.78 Å². The topological polar surface area (TPSA) is 109 Å². The summed E-state index contributed by atoms with van der Waals surface area (Å²) in [6, 6.07) is 7.83. The normalized spacial score (nSPS) is 13.4. The van der Waals surface area contributed by atoms with Gasteiger partial charge in [0.15, 0.2) is 22.3 Å². The molecule has 1 aliphatic rings. The highest BCUT2D eigenvalue weighted by atomic mass is 127. The summed E-state index contributed by atoms with van der Waals surface area (Å²) < 4.78 is 65.5. The average molecular weight is 649 g/mol. The molecule has 3 aromatic rings. The van der Waals surface area contributed by atoms with Crippen molar-refractivity contribution >= 4 is 61.5 Å². The third-order valence-electron chi connectivity index (χ3n) is 5.29. The highest BCUT2D eigenvalue weighted by Crippen LogP contribution is 2.41. The van der Waals surface area contributed by atoms with Crippen LogP contribution >= 0.6 is 34.2 Å². The van der Waals surface area contributed by atoms with E-state index in [1.807, 2.05) is 22.6 Å². The van der Waals surface area contributed by atoms with Crippen LogP contribution in [0.15, 0.2) is 47.6 Å². The van der Waals surface area contributed by atoms with Crippen molar-refractivity contribution in [1.82, 2.24) is 15.0 Å². The highest BCUT2D eigenvalue weighted by Gasteiger charge is 2.37. The second-order valence-corrected chi connectivity index (χ2v) is 11.3. The number of pyridine rings is 1. The first-order chi connectivity index (χ1) is 17.1. The summed E-state index contributed by atoms with van der Waals surface area (Å²) in [6.45, 7) is -0.248. The molecule has 4 rings (SSSR count). The van der Waals surface area contributed by atoms with Gasteiger partial charge in [-0.05, 0) is 65.3 Å². The van der Waals surface area contributed by atoms with Gasteiger partial charge in [0.2, 0.25) is 10.0 Å². The van der Waals surface area contributed by atoms with E-state index in [4.69, 9.17) is 16.3 Å². The van der Waals surface area contributed by atoms with Gasteiger partial charge in [0.25, 0.3) is 5.91 Å². The van der Waals surface area contributed by atoms with E-state index in [1.165, 1.54) is 18.5 Å². The summed E-state index contributed by atoms with van der Waals surface area (Å²) in [4.78, 5) is 15.9. The van der Waals surface area contributed by atoms with Crippen molar-refractivity contribution in [2.24, 2.45) is 0 Å². The smallest absolute Gasteiger partial charge is 0.257 e. The number of nitrogens with zero attached hydrogens (tertiary/aromatic N) is 1. The number of amides is 1. The van der Waals surface area contributed by atoms with Crippen LogP contribution in [-0.2, 0) is 16.6 Å². The molecule has 190 valence electrons. The van der Waals surface area contributed by atoms with E-state index >= 15 is 8.78 Å². The van der Waals surface area contributed by atoms with Gasteiger partial charge in [-0.2, -0.15) is 0 Å². The molecule has 0 unspecified atom stereocenters. The third kappa shape index (κ3) is 5.71. The maximum Gasteiger partial charge on any atom is 0.257 e. The lowest BCUT2D eigenvalue weighted by Crippen LogP contribution is -2.30. The zero-order valence-corrected chi connectivity index (χ0v) is 22.5. The lowest BCUT2D eigenvalue weighted by molar-refractivity contribution is 0.0948. The van der Waals surface area contributed by atoms with Crippen molar-refractivity contribution in [1.29, 1.82) is 0 Å². The molecule has 1 heterocycles. The van der Waals surface area contributed by atoms with Crippen LogP contribution in [0.1, 0.15) is 28.8 Å². The standard InChI is InChI=1S/C23H20ClF2IN4O4S/c1-35-21-17(23(32)30-14-5-6-14)20(31-16-7-4-13(27)9-15(16)24)18(25)19(26)22(21)36(33,34)29-11-12-3-2-8-28-10-12/h2-4,7-10,14,29,31H,5-6,11H2,1H3,(H,30,32). The number of carbonyl (C=O) groups is 1. The van der Waals surface area contributed by atoms with Crippen LogP contribution < -0.4 is 20.1 Å². The molecule has 1 aliphatic carbocycles. The average Bonchev–Trinajstić information content (AvgIpc) is 3.66. The van der Waals surface area contributed by atoms with Crippen LogP contribution in [0.4, 0.5) is 20.2 Å². The molecule has 0 aliphatic heterocycles. The molecule has 1 amide bonds. The maximum absolute atomic E-state index is 15.5. The number of ether oxygens (including phenoxy) is 1. The second-order valence-electron chi connectivity index (χ2n) is 7.92. The van der Waals surface area contributed by atoms with E-state index in [-0.39, 0.29) is 23.3 Å². The number of benzene rings is 2. The molecule has 1 aromatic heterocycles. The molecular weight excluding hydrogens is 629 g/mol. The fourth-order valence-corrected chi connectivity index (χ4v) is 5.54. The number of methoxy groups -OCH3 is 1. The SMILES string of the molecule is COc1c(C(=O)NC2CC2)c(Nc2ccc(I)cc2Cl)c(F)c(F)c1S(=O)(=O)NCc1cccnc1. The molecule has 2 aromatic carbocycles. The molecule has 36 heavy (non-hydrogen) atoms. The van der Waals surface area contributed by atoms with Gasteiger partial charge in [0.1, 0.15) is 5.56 Å². The number of carbonyl (C=O) groups excluding carboxylic acids is 1. The summed E-state index contributed by atoms with van der Waals surface area (Å²) >= 11 is 8.28. The van der Waals surface area contributed by atoms with E-state index in [1.54, 1.807) is 24.3 Å². The summed E-state index contributed by atoms with van der Waals surface area (Å²) in [5, 5.41) is 5.50. The Morgan fingerprint density at radius 3 is 2.61 bits per heavy atom. The van der Waals surface area contributed by atoms with Gasteiger partial charge in [-0.25, -0.2) is 21.9 Å². The number of aromatic nitrogens is 1. The maximum atomic E-state index is 15.5. The van der Waals surface area contributed by atoms with Crippen molar-refractivity contribution in [3.63, 3.8) is 0 Å². The number of rotatable bonds is 9. The van der Waals surface area contributed by atoms with Gasteiger partial charge in [-0.1, -0.05) is 17.7 Å². The largest absolute Gasteiger partial charge is 0.494 e. The van der Waals surface area contributed by atoms with Gasteiger partial charge in [-0.15, -0.1) is 0 Å². The van der Waals surface area contributed by atoms with Crippen molar-refractivity contribution in [3.8, 4) is 5.75 Å². The minimum atomic E-state index is -4.68. The lowest BCUT2D eigenvalue weighted by Gasteiger charge is -2.21. The molecule has 1 saturated carbocycles. The van der Waals surface area contributed by atoms with Gasteiger partial charge >= 0.3 is 0 Å². The first-order valence-corrected chi connectivity index (χ1v) is 13.6. The molecule has 8 nitrogen and oxygen atoms in total. The molecule has 0 bridgehead atoms. The fraction of sp³-hybridized carbons (Fsp3) is 0.217. The lowest BCUT2D eigenvalue weighted by atomic mass is 10.1. The van der Waals surface area contributed by atoms with Crippen LogP contribution in [0.2, 0.25) is 5.02 Å². The Hall–Kier alpha value is -2.55. The Morgan fingerprint density at radius 2 is 2.00 bits per heavy atom. The summed E-state index contributed by atoms with van der Waals surface area (Å²) in [5.41, 5.74) is -0.432. The Kier molecular flexibility index (Phi) is 7.97. The van der Waals surface area contributed by atoms with E-state index in [0.717, 1.165) is 10.7 Å². The second kappa shape index (κ2) is 10.8. The van der Waals surface area contributed by atoms with Crippen molar-refractivity contribution in [2.75, 3.05) is 12.4 Å². The van der Waals surface area contributed by atoms with E-state index in [0.29, 0.717) is 18.4 Å². The number of anilines is 2. The summed E-state index contributed by atoms with van der Waals surface area (Å²) in [6.07, 6.45) is 4.35. The van der Waals surface area contributed by atoms with E-state index < -0.39 is 49.5 Å². The molecule has 3 N–H and O–H groups in total. The van der Waals surface area contributed by atoms with Crippen LogP contribution in [0, 0.1) is 15.2 Å². The molecule has 1 fully saturated rings. The van der Waals surface area contributed by atoms with Crippen molar-refractivity contribution in [2.45, 2.75) is 30.3 Å². The van der Waals surface area contributed by atoms with E-state index in [2.05, 4.69) is 20.3 Å². The number of sulfonamides is 1. The molecule has 0 radical (unpaired) electrons. The van der Waals surface area contributed by atoms with Gasteiger partial charge in [0, 0.05) is 28.6 Å². The predicted molar refractivity (Wildman–Crippen MR) is 139 cm³/mol. The van der Waals surface area contributed by atoms with Crippen molar-refractivity contribution in [3.05, 3.63) is 74.1 Å². The number of nitrogens with one attached hydrogen (secondary N) is 3. The highest BCUT2D eigenvalue weighted by molar-refractivity contribution is 14.1. The Morgan fingerprint density at radius 1 is 1.25 bits per heavy atom. The van der Waals surface area contributed by atoms with E-state index in [9.17, 15) is 13.2 Å². The zero-order chi connectivity index (χ0) is 26.0. The molecule has 0 spiro atoms. The quantitative estimate of drug-likeness (QED) is 0.290. The monoisotopic (exact) mass is 648 g/mol. The first kappa shape index (κ1) is 26.5. The molecular formula is C23H20ClF2IN4O4S. The molecule has 0 saturated heterocycles. The number of halogens is 4. The van der Waals surface area contributed by atoms with Crippen LogP contribution in [0.25, 0.3) is 0 Å². The van der Waals surface area contributed by atoms with Crippen LogP contribution in [0.5, 0.6) is 5.75 Å². The fourth-order valence-electron chi connectivity index (χ4n) is 3.38.